The van der Waals surface area contributed by atoms with Gasteiger partial charge in [0, 0.05) is 0 Å². The topological polar surface area (TPSA) is 80.7 Å². The van der Waals surface area contributed by atoms with E-state index < -0.39 is 27.9 Å². The minimum absolute atomic E-state index is 0.0101. The van der Waals surface area contributed by atoms with Crippen molar-refractivity contribution in [3.8, 4) is 0 Å². The molecule has 0 saturated heterocycles. The summed E-state index contributed by atoms with van der Waals surface area (Å²) in [5.41, 5.74) is 1.46. The lowest BCUT2D eigenvalue weighted by molar-refractivity contribution is -0.162. The standard InChI is InChI=1S/C18H26F2O5S/c1-16(2,3)14(17(4,5)6)13-9-7-12(8-10-13)11-25-15(21)18(19,20)26(22,23)24/h7-10,14H,11H2,1-6H3,(H,22,23,24). The molecule has 0 fully saturated rings. The average molecular weight is 392 g/mol. The van der Waals surface area contributed by atoms with Crippen LogP contribution in [0.15, 0.2) is 24.3 Å². The van der Waals surface area contributed by atoms with E-state index in [0.29, 0.717) is 5.56 Å². The van der Waals surface area contributed by atoms with Crippen LogP contribution in [0, 0.1) is 10.8 Å². The van der Waals surface area contributed by atoms with Crippen LogP contribution in [0.1, 0.15) is 58.6 Å². The molecule has 8 heteroatoms. The Kier molecular flexibility index (Phi) is 6.26. The molecule has 0 saturated carbocycles. The third-order valence-corrected chi connectivity index (χ3v) is 4.79. The predicted molar refractivity (Wildman–Crippen MR) is 94.4 cm³/mol. The molecule has 0 aliphatic carbocycles. The largest absolute Gasteiger partial charge is 0.465 e. The molecule has 0 aromatic heterocycles. The Hall–Kier alpha value is -1.54. The van der Waals surface area contributed by atoms with Gasteiger partial charge in [-0.1, -0.05) is 65.8 Å². The summed E-state index contributed by atoms with van der Waals surface area (Å²) in [6.07, 6.45) is 0. The second kappa shape index (κ2) is 7.23. The summed E-state index contributed by atoms with van der Waals surface area (Å²) in [5, 5.41) is -4.99. The minimum Gasteiger partial charge on any atom is -0.455 e. The molecule has 0 aliphatic rings. The molecular formula is C18H26F2O5S. The molecule has 0 bridgehead atoms. The van der Waals surface area contributed by atoms with Gasteiger partial charge in [-0.3, -0.25) is 4.55 Å². The van der Waals surface area contributed by atoms with Gasteiger partial charge in [0.1, 0.15) is 6.61 Å². The van der Waals surface area contributed by atoms with E-state index in [1.807, 2.05) is 12.1 Å². The fourth-order valence-electron chi connectivity index (χ4n) is 3.44. The Balaban J connectivity index is 2.94. The van der Waals surface area contributed by atoms with Crippen LogP contribution in [0.2, 0.25) is 0 Å². The molecule has 0 unspecified atom stereocenters. The molecule has 0 amide bonds. The number of ether oxygens (including phenoxy) is 1. The number of halogens is 2. The zero-order valence-electron chi connectivity index (χ0n) is 15.8. The van der Waals surface area contributed by atoms with Crippen LogP contribution in [0.5, 0.6) is 0 Å². The third-order valence-electron chi connectivity index (χ3n) is 3.98. The zero-order chi connectivity index (χ0) is 20.6. The Bertz CT molecular complexity index is 727. The van der Waals surface area contributed by atoms with Crippen molar-refractivity contribution >= 4 is 16.1 Å². The first-order valence-electron chi connectivity index (χ1n) is 8.09. The molecule has 0 aliphatic heterocycles. The second-order valence-electron chi connectivity index (χ2n) is 8.47. The van der Waals surface area contributed by atoms with Crippen LogP contribution in [0.3, 0.4) is 0 Å². The van der Waals surface area contributed by atoms with E-state index in [1.54, 1.807) is 12.1 Å². The smallest absolute Gasteiger partial charge is 0.455 e. The Labute approximate surface area is 153 Å². The van der Waals surface area contributed by atoms with Crippen molar-refractivity contribution in [2.45, 2.75) is 59.3 Å². The highest BCUT2D eigenvalue weighted by molar-refractivity contribution is 7.87. The number of rotatable bonds is 5. The van der Waals surface area contributed by atoms with Gasteiger partial charge in [0.2, 0.25) is 0 Å². The van der Waals surface area contributed by atoms with Crippen molar-refractivity contribution in [2.75, 3.05) is 0 Å². The number of hydrogen-bond acceptors (Lipinski definition) is 4. The van der Waals surface area contributed by atoms with Crippen LogP contribution < -0.4 is 0 Å². The van der Waals surface area contributed by atoms with Crippen molar-refractivity contribution in [1.29, 1.82) is 0 Å². The predicted octanol–water partition coefficient (Wildman–Crippen LogP) is 4.39. The highest BCUT2D eigenvalue weighted by Crippen LogP contribution is 2.47. The molecule has 1 N–H and O–H groups in total. The van der Waals surface area contributed by atoms with Crippen molar-refractivity contribution in [3.63, 3.8) is 0 Å². The molecular weight excluding hydrogens is 366 g/mol. The first-order chi connectivity index (χ1) is 11.5. The SMILES string of the molecule is CC(C)(C)C(c1ccc(COC(=O)C(F)(F)S(=O)(=O)O)cc1)C(C)(C)C. The zero-order valence-corrected chi connectivity index (χ0v) is 16.7. The van der Waals surface area contributed by atoms with E-state index >= 15 is 0 Å². The maximum absolute atomic E-state index is 13.1. The number of carbonyl (C=O) groups excluding carboxylic acids is 1. The molecule has 1 rings (SSSR count). The second-order valence-corrected chi connectivity index (χ2v) is 9.94. The van der Waals surface area contributed by atoms with Gasteiger partial charge in [0.25, 0.3) is 0 Å². The van der Waals surface area contributed by atoms with E-state index in [9.17, 15) is 22.0 Å². The quantitative estimate of drug-likeness (QED) is 0.594. The third kappa shape index (κ3) is 5.23. The Morgan fingerprint density at radius 2 is 1.46 bits per heavy atom. The van der Waals surface area contributed by atoms with Gasteiger partial charge < -0.3 is 4.74 Å². The minimum atomic E-state index is -5.86. The van der Waals surface area contributed by atoms with Gasteiger partial charge in [-0.05, 0) is 27.9 Å². The molecule has 148 valence electrons. The highest BCUT2D eigenvalue weighted by atomic mass is 32.2. The molecule has 0 heterocycles. The summed E-state index contributed by atoms with van der Waals surface area (Å²) < 4.78 is 60.0. The monoisotopic (exact) mass is 392 g/mol. The van der Waals surface area contributed by atoms with Gasteiger partial charge >= 0.3 is 21.3 Å². The summed E-state index contributed by atoms with van der Waals surface area (Å²) in [5.74, 6) is -2.10. The van der Waals surface area contributed by atoms with Gasteiger partial charge in [-0.25, -0.2) is 4.79 Å². The molecule has 26 heavy (non-hydrogen) atoms. The fraction of sp³-hybridized carbons (Fsp3) is 0.611. The van der Waals surface area contributed by atoms with Gasteiger partial charge in [0.05, 0.1) is 0 Å². The number of benzene rings is 1. The van der Waals surface area contributed by atoms with Crippen LogP contribution in [-0.2, 0) is 26.3 Å². The van der Waals surface area contributed by atoms with Crippen LogP contribution in [0.25, 0.3) is 0 Å². The first-order valence-corrected chi connectivity index (χ1v) is 9.53. The van der Waals surface area contributed by atoms with Gasteiger partial charge in [-0.2, -0.15) is 17.2 Å². The van der Waals surface area contributed by atoms with Crippen LogP contribution in [0.4, 0.5) is 8.78 Å². The van der Waals surface area contributed by atoms with E-state index in [2.05, 4.69) is 46.3 Å². The first kappa shape index (κ1) is 22.5. The number of alkyl halides is 2. The fourth-order valence-corrected chi connectivity index (χ4v) is 3.71. The van der Waals surface area contributed by atoms with E-state index in [0.717, 1.165) is 5.56 Å². The summed E-state index contributed by atoms with van der Waals surface area (Å²) in [4.78, 5) is 11.2. The van der Waals surface area contributed by atoms with Gasteiger partial charge in [-0.15, -0.1) is 0 Å². The summed E-state index contributed by atoms with van der Waals surface area (Å²) in [6, 6.07) is 6.95. The van der Waals surface area contributed by atoms with E-state index in [4.69, 9.17) is 4.55 Å². The number of hydrogen-bond donors (Lipinski definition) is 1. The lowest BCUT2D eigenvalue weighted by atomic mass is 9.63. The lowest BCUT2D eigenvalue weighted by Gasteiger charge is -2.41. The van der Waals surface area contributed by atoms with Crippen molar-refractivity contribution < 1.29 is 31.3 Å². The average Bonchev–Trinajstić information content (AvgIpc) is 2.41. The molecule has 1 aromatic carbocycles. The molecule has 1 aromatic rings. The molecule has 0 radical (unpaired) electrons. The summed E-state index contributed by atoms with van der Waals surface area (Å²) in [7, 11) is -5.86. The Morgan fingerprint density at radius 3 is 1.81 bits per heavy atom. The van der Waals surface area contributed by atoms with Crippen molar-refractivity contribution in [3.05, 3.63) is 35.4 Å². The summed E-state index contributed by atoms with van der Waals surface area (Å²) in [6.45, 7) is 12.3. The highest BCUT2D eigenvalue weighted by Gasteiger charge is 2.54. The van der Waals surface area contributed by atoms with Crippen LogP contribution in [-0.4, -0.2) is 24.2 Å². The Morgan fingerprint density at radius 1 is 1.04 bits per heavy atom. The number of esters is 1. The van der Waals surface area contributed by atoms with Crippen LogP contribution >= 0.6 is 0 Å². The number of carbonyl (C=O) groups is 1. The maximum Gasteiger partial charge on any atom is 0.465 e. The van der Waals surface area contributed by atoms with E-state index in [-0.39, 0.29) is 16.7 Å². The van der Waals surface area contributed by atoms with E-state index in [1.165, 1.54) is 0 Å². The van der Waals surface area contributed by atoms with Crippen molar-refractivity contribution in [2.24, 2.45) is 10.8 Å². The molecule has 0 atom stereocenters. The summed E-state index contributed by atoms with van der Waals surface area (Å²) >= 11 is 0. The van der Waals surface area contributed by atoms with Crippen molar-refractivity contribution in [1.82, 2.24) is 0 Å². The molecule has 5 nitrogen and oxygen atoms in total. The van der Waals surface area contributed by atoms with Gasteiger partial charge in [0.15, 0.2) is 0 Å². The maximum atomic E-state index is 13.1. The lowest BCUT2D eigenvalue weighted by Crippen LogP contribution is -2.38. The molecule has 0 spiro atoms. The normalized spacial score (nSPS) is 13.8.